The number of aryl methyl sites for hydroxylation is 1. The minimum absolute atomic E-state index is 0.0918. The highest BCUT2D eigenvalue weighted by Gasteiger charge is 2.13. The summed E-state index contributed by atoms with van der Waals surface area (Å²) in [4.78, 5) is 12.1. The van der Waals surface area contributed by atoms with Crippen molar-refractivity contribution in [3.8, 4) is 0 Å². The lowest BCUT2D eigenvalue weighted by Gasteiger charge is -2.12. The molecule has 0 radical (unpaired) electrons. The average Bonchev–Trinajstić information content (AvgIpc) is 2.92. The number of nitrogens with two attached hydrogens (primary N) is 1. The molecule has 24 heavy (non-hydrogen) atoms. The number of fused-ring (bicyclic) bond motifs is 3. The molecule has 0 aliphatic heterocycles. The third-order valence-corrected chi connectivity index (χ3v) is 4.38. The van der Waals surface area contributed by atoms with Crippen LogP contribution in [0.2, 0.25) is 0 Å². The van der Waals surface area contributed by atoms with Gasteiger partial charge in [-0.2, -0.15) is 0 Å². The number of ether oxygens (including phenoxy) is 1. The van der Waals surface area contributed by atoms with E-state index in [-0.39, 0.29) is 18.4 Å². The molecule has 0 saturated heterocycles. The fourth-order valence-corrected chi connectivity index (χ4v) is 3.15. The normalized spacial score (nSPS) is 12.6. The molecule has 2 aromatic carbocycles. The number of hydrogen-bond donors (Lipinski definition) is 2. The summed E-state index contributed by atoms with van der Waals surface area (Å²) < 4.78 is 7.45. The predicted octanol–water partition coefficient (Wildman–Crippen LogP) is 3.12. The molecule has 0 spiro atoms. The van der Waals surface area contributed by atoms with Gasteiger partial charge in [0.05, 0.1) is 12.5 Å². The predicted molar refractivity (Wildman–Crippen MR) is 98.2 cm³/mol. The van der Waals surface area contributed by atoms with Crippen LogP contribution < -0.4 is 11.1 Å². The summed E-state index contributed by atoms with van der Waals surface area (Å²) in [5.74, 6) is -0.0918. The van der Waals surface area contributed by atoms with Gasteiger partial charge >= 0.3 is 0 Å². The monoisotopic (exact) mass is 325 g/mol. The van der Waals surface area contributed by atoms with E-state index in [1.54, 1.807) is 7.11 Å². The van der Waals surface area contributed by atoms with E-state index in [0.717, 1.165) is 17.6 Å². The van der Waals surface area contributed by atoms with E-state index >= 15 is 0 Å². The number of aromatic nitrogens is 1. The molecule has 3 aromatic rings. The molecule has 1 atom stereocenters. The van der Waals surface area contributed by atoms with E-state index in [0.29, 0.717) is 6.54 Å². The second-order valence-corrected chi connectivity index (χ2v) is 5.84. The van der Waals surface area contributed by atoms with Crippen LogP contribution in [0.5, 0.6) is 0 Å². The lowest BCUT2D eigenvalue weighted by Crippen LogP contribution is -2.28. The van der Waals surface area contributed by atoms with Gasteiger partial charge in [-0.1, -0.05) is 18.2 Å². The van der Waals surface area contributed by atoms with E-state index in [1.807, 2.05) is 24.3 Å². The summed E-state index contributed by atoms with van der Waals surface area (Å²) in [5, 5.41) is 5.28. The van der Waals surface area contributed by atoms with Crippen molar-refractivity contribution in [1.29, 1.82) is 0 Å². The largest absolute Gasteiger partial charge is 0.380 e. The first-order valence-electron chi connectivity index (χ1n) is 8.21. The molecule has 1 heterocycles. The molecule has 0 fully saturated rings. The van der Waals surface area contributed by atoms with Crippen LogP contribution in [-0.4, -0.2) is 30.2 Å². The number of nitrogens with one attached hydrogen (secondary N) is 1. The van der Waals surface area contributed by atoms with Crippen molar-refractivity contribution in [1.82, 2.24) is 4.57 Å². The number of carbonyl (C=O) groups excluding carboxylic acids is 1. The summed E-state index contributed by atoms with van der Waals surface area (Å²) >= 11 is 0. The molecule has 5 nitrogen and oxygen atoms in total. The van der Waals surface area contributed by atoms with E-state index in [9.17, 15) is 4.79 Å². The second kappa shape index (κ2) is 7.03. The summed E-state index contributed by atoms with van der Waals surface area (Å²) in [6, 6.07) is 14.4. The smallest absolute Gasteiger partial charge is 0.227 e. The summed E-state index contributed by atoms with van der Waals surface area (Å²) in [7, 11) is 1.57. The fraction of sp³-hybridized carbons (Fsp3) is 0.316. The summed E-state index contributed by atoms with van der Waals surface area (Å²) in [6.07, 6.45) is -0.00221. The van der Waals surface area contributed by atoms with Crippen LogP contribution in [0.1, 0.15) is 13.3 Å². The zero-order valence-electron chi connectivity index (χ0n) is 14.1. The van der Waals surface area contributed by atoms with Gasteiger partial charge in [-0.3, -0.25) is 4.79 Å². The molecule has 3 N–H and O–H groups in total. The standard InChI is InChI=1S/C19H23N3O2/c1-3-22-17-7-5-4-6-15(17)16-10-13(8-9-18(16)22)21-19(23)11-14(12-20)24-2/h4-10,14H,3,11-12,20H2,1-2H3,(H,21,23). The molecular weight excluding hydrogens is 302 g/mol. The Labute approximate surface area is 141 Å². The van der Waals surface area contributed by atoms with E-state index in [1.165, 1.54) is 16.4 Å². The van der Waals surface area contributed by atoms with Crippen LogP contribution >= 0.6 is 0 Å². The van der Waals surface area contributed by atoms with Crippen LogP contribution in [0.4, 0.5) is 5.69 Å². The Morgan fingerprint density at radius 1 is 1.21 bits per heavy atom. The van der Waals surface area contributed by atoms with Crippen LogP contribution in [0.25, 0.3) is 21.8 Å². The van der Waals surface area contributed by atoms with Crippen molar-refractivity contribution < 1.29 is 9.53 Å². The number of carbonyl (C=O) groups is 1. The Morgan fingerprint density at radius 3 is 2.67 bits per heavy atom. The zero-order valence-corrected chi connectivity index (χ0v) is 14.1. The van der Waals surface area contributed by atoms with Gasteiger partial charge in [0.2, 0.25) is 5.91 Å². The average molecular weight is 325 g/mol. The first-order valence-corrected chi connectivity index (χ1v) is 8.21. The number of amides is 1. The topological polar surface area (TPSA) is 69.3 Å². The van der Waals surface area contributed by atoms with Gasteiger partial charge in [-0.15, -0.1) is 0 Å². The van der Waals surface area contributed by atoms with Crippen LogP contribution in [0.15, 0.2) is 42.5 Å². The minimum atomic E-state index is -0.254. The molecule has 0 aliphatic carbocycles. The molecule has 0 aliphatic rings. The van der Waals surface area contributed by atoms with Crippen LogP contribution in [0.3, 0.4) is 0 Å². The Morgan fingerprint density at radius 2 is 1.96 bits per heavy atom. The maximum Gasteiger partial charge on any atom is 0.227 e. The number of hydrogen-bond acceptors (Lipinski definition) is 3. The SMILES string of the molecule is CCn1c2ccccc2c2cc(NC(=O)CC(CN)OC)ccc21. The molecule has 126 valence electrons. The van der Waals surface area contributed by atoms with Crippen molar-refractivity contribution in [2.45, 2.75) is 26.0 Å². The highest BCUT2D eigenvalue weighted by Crippen LogP contribution is 2.30. The zero-order chi connectivity index (χ0) is 17.1. The van der Waals surface area contributed by atoms with E-state index < -0.39 is 0 Å². The highest BCUT2D eigenvalue weighted by atomic mass is 16.5. The number of anilines is 1. The van der Waals surface area contributed by atoms with Crippen molar-refractivity contribution in [3.63, 3.8) is 0 Å². The molecular formula is C19H23N3O2. The number of nitrogens with zero attached hydrogens (tertiary/aromatic N) is 1. The van der Waals surface area contributed by atoms with Crippen molar-refractivity contribution in [3.05, 3.63) is 42.5 Å². The molecule has 1 unspecified atom stereocenters. The molecule has 1 amide bonds. The number of methoxy groups -OCH3 is 1. The highest BCUT2D eigenvalue weighted by molar-refractivity contribution is 6.09. The Balaban J connectivity index is 1.94. The van der Waals surface area contributed by atoms with Crippen molar-refractivity contribution in [2.75, 3.05) is 19.0 Å². The summed E-state index contributed by atoms with van der Waals surface area (Å²) in [5.41, 5.74) is 8.75. The Kier molecular flexibility index (Phi) is 4.83. The lowest BCUT2D eigenvalue weighted by atomic mass is 10.1. The van der Waals surface area contributed by atoms with Crippen molar-refractivity contribution in [2.24, 2.45) is 5.73 Å². The molecule has 3 rings (SSSR count). The molecule has 0 saturated carbocycles. The van der Waals surface area contributed by atoms with Gasteiger partial charge in [-0.05, 0) is 31.2 Å². The van der Waals surface area contributed by atoms with E-state index in [4.69, 9.17) is 10.5 Å². The first-order chi connectivity index (χ1) is 11.7. The van der Waals surface area contributed by atoms with Crippen molar-refractivity contribution >= 4 is 33.4 Å². The molecule has 5 heteroatoms. The third-order valence-electron chi connectivity index (χ3n) is 4.38. The number of rotatable bonds is 6. The Hall–Kier alpha value is -2.37. The van der Waals surface area contributed by atoms with Gasteiger partial charge in [-0.25, -0.2) is 0 Å². The quantitative estimate of drug-likeness (QED) is 0.731. The summed E-state index contributed by atoms with van der Waals surface area (Å²) in [6.45, 7) is 3.37. The third kappa shape index (κ3) is 3.00. The fourth-order valence-electron chi connectivity index (χ4n) is 3.15. The van der Waals surface area contributed by atoms with Gasteiger partial charge in [0.1, 0.15) is 0 Å². The van der Waals surface area contributed by atoms with Gasteiger partial charge < -0.3 is 20.4 Å². The maximum absolute atomic E-state index is 12.1. The second-order valence-electron chi connectivity index (χ2n) is 5.84. The molecule has 1 aromatic heterocycles. The maximum atomic E-state index is 12.1. The minimum Gasteiger partial charge on any atom is -0.380 e. The van der Waals surface area contributed by atoms with Gasteiger partial charge in [0, 0.05) is 47.7 Å². The lowest BCUT2D eigenvalue weighted by molar-refractivity contribution is -0.118. The number of para-hydroxylation sites is 1. The Bertz CT molecular complexity index is 866. The van der Waals surface area contributed by atoms with Crippen LogP contribution in [0, 0.1) is 0 Å². The van der Waals surface area contributed by atoms with Gasteiger partial charge in [0.25, 0.3) is 0 Å². The molecule has 0 bridgehead atoms. The van der Waals surface area contributed by atoms with Gasteiger partial charge in [0.15, 0.2) is 0 Å². The number of benzene rings is 2. The van der Waals surface area contributed by atoms with Crippen LogP contribution in [-0.2, 0) is 16.1 Å². The van der Waals surface area contributed by atoms with E-state index in [2.05, 4.69) is 35.0 Å². The first kappa shape index (κ1) is 16.5.